The lowest BCUT2D eigenvalue weighted by molar-refractivity contribution is 0.104. The van der Waals surface area contributed by atoms with Crippen LogP contribution in [0.5, 0.6) is 5.75 Å². The summed E-state index contributed by atoms with van der Waals surface area (Å²) >= 11 is 0. The lowest BCUT2D eigenvalue weighted by atomic mass is 10.0. The van der Waals surface area contributed by atoms with E-state index in [9.17, 15) is 0 Å². The van der Waals surface area contributed by atoms with Crippen molar-refractivity contribution in [3.8, 4) is 5.75 Å². The summed E-state index contributed by atoms with van der Waals surface area (Å²) < 4.78 is 5.38. The van der Waals surface area contributed by atoms with Gasteiger partial charge in [-0.15, -0.1) is 0 Å². The molecule has 2 aromatic rings. The number of benzene rings is 2. The first kappa shape index (κ1) is 19.3. The van der Waals surface area contributed by atoms with Crippen molar-refractivity contribution in [2.45, 2.75) is 25.3 Å². The van der Waals surface area contributed by atoms with Crippen molar-refractivity contribution in [2.75, 3.05) is 57.8 Å². The van der Waals surface area contributed by atoms with Gasteiger partial charge in [-0.05, 0) is 50.0 Å². The smallest absolute Gasteiger partial charge is 0.120 e. The number of nitrogens with zero attached hydrogens (tertiary/aromatic N) is 3. The molecule has 0 N–H and O–H groups in total. The zero-order chi connectivity index (χ0) is 19.2. The van der Waals surface area contributed by atoms with E-state index in [4.69, 9.17) is 4.74 Å². The number of piperazine rings is 1. The van der Waals surface area contributed by atoms with Gasteiger partial charge in [0.25, 0.3) is 0 Å². The number of anilines is 1. The molecule has 2 saturated heterocycles. The predicted molar refractivity (Wildman–Crippen MR) is 116 cm³/mol. The van der Waals surface area contributed by atoms with Gasteiger partial charge in [-0.3, -0.25) is 4.90 Å². The Morgan fingerprint density at radius 1 is 0.857 bits per heavy atom. The molecule has 150 valence electrons. The molecule has 4 nitrogen and oxygen atoms in total. The average Bonchev–Trinajstić information content (AvgIpc) is 2.79. The van der Waals surface area contributed by atoms with Gasteiger partial charge in [0.05, 0.1) is 7.11 Å². The summed E-state index contributed by atoms with van der Waals surface area (Å²) in [5.74, 6) is 0.947. The highest BCUT2D eigenvalue weighted by Gasteiger charge is 2.27. The second-order valence-electron chi connectivity index (χ2n) is 8.03. The van der Waals surface area contributed by atoms with Gasteiger partial charge < -0.3 is 14.5 Å². The molecule has 0 saturated carbocycles. The summed E-state index contributed by atoms with van der Waals surface area (Å²) in [6.07, 6.45) is 3.80. The first-order valence-electron chi connectivity index (χ1n) is 10.7. The summed E-state index contributed by atoms with van der Waals surface area (Å²) in [4.78, 5) is 7.87. The van der Waals surface area contributed by atoms with Crippen molar-refractivity contribution in [1.29, 1.82) is 0 Å². The molecule has 2 aliphatic rings. The molecule has 0 atom stereocenters. The highest BCUT2D eigenvalue weighted by Crippen LogP contribution is 2.24. The Morgan fingerprint density at radius 2 is 1.61 bits per heavy atom. The highest BCUT2D eigenvalue weighted by atomic mass is 16.5. The zero-order valence-corrected chi connectivity index (χ0v) is 17.1. The van der Waals surface area contributed by atoms with E-state index in [1.807, 2.05) is 6.07 Å². The molecule has 0 unspecified atom stereocenters. The van der Waals surface area contributed by atoms with E-state index < -0.39 is 0 Å². The topological polar surface area (TPSA) is 19.0 Å². The maximum absolute atomic E-state index is 5.38. The molecule has 2 heterocycles. The number of hydrogen-bond donors (Lipinski definition) is 0. The molecule has 2 aliphatic heterocycles. The van der Waals surface area contributed by atoms with Crippen molar-refractivity contribution in [1.82, 2.24) is 9.80 Å². The number of methoxy groups -OCH3 is 1. The monoisotopic (exact) mass is 379 g/mol. The molecule has 2 aromatic carbocycles. The van der Waals surface area contributed by atoms with Crippen LogP contribution < -0.4 is 9.64 Å². The van der Waals surface area contributed by atoms with E-state index in [-0.39, 0.29) is 0 Å². The normalized spacial score (nSPS) is 19.7. The molecule has 0 spiro atoms. The largest absolute Gasteiger partial charge is 0.497 e. The molecule has 4 heteroatoms. The van der Waals surface area contributed by atoms with E-state index in [0.29, 0.717) is 0 Å². The van der Waals surface area contributed by atoms with E-state index in [1.165, 1.54) is 63.2 Å². The summed E-state index contributed by atoms with van der Waals surface area (Å²) in [6, 6.07) is 20.1. The van der Waals surface area contributed by atoms with Gasteiger partial charge in [-0.1, -0.05) is 36.4 Å². The van der Waals surface area contributed by atoms with Crippen LogP contribution in [0.25, 0.3) is 0 Å². The van der Waals surface area contributed by atoms with Gasteiger partial charge in [0, 0.05) is 50.5 Å². The van der Waals surface area contributed by atoms with Crippen LogP contribution in [0.4, 0.5) is 5.69 Å². The molecular weight excluding hydrogens is 346 g/mol. The van der Waals surface area contributed by atoms with Crippen molar-refractivity contribution in [3.63, 3.8) is 0 Å². The number of likely N-dealkylation sites (tertiary alicyclic amines) is 1. The fourth-order valence-electron chi connectivity index (χ4n) is 4.59. The minimum absolute atomic E-state index is 0.764. The fourth-order valence-corrected chi connectivity index (χ4v) is 4.59. The second-order valence-corrected chi connectivity index (χ2v) is 8.03. The maximum Gasteiger partial charge on any atom is 0.120 e. The van der Waals surface area contributed by atoms with Crippen LogP contribution in [0.2, 0.25) is 0 Å². The van der Waals surface area contributed by atoms with E-state index >= 15 is 0 Å². The fraction of sp³-hybridized carbons (Fsp3) is 0.500. The molecule has 0 radical (unpaired) electrons. The van der Waals surface area contributed by atoms with Gasteiger partial charge in [-0.2, -0.15) is 0 Å². The second kappa shape index (κ2) is 9.44. The zero-order valence-electron chi connectivity index (χ0n) is 17.1. The Morgan fingerprint density at radius 3 is 2.32 bits per heavy atom. The average molecular weight is 380 g/mol. The maximum atomic E-state index is 5.38. The Balaban J connectivity index is 1.21. The minimum atomic E-state index is 0.764. The third kappa shape index (κ3) is 4.86. The lowest BCUT2D eigenvalue weighted by Gasteiger charge is -2.43. The SMILES string of the molecule is COc1cccc(N2CCN(C3CCN(CCc4ccccc4)CC3)CC2)c1. The highest BCUT2D eigenvalue weighted by molar-refractivity contribution is 5.51. The van der Waals surface area contributed by atoms with Crippen molar-refractivity contribution >= 4 is 5.69 Å². The number of ether oxygens (including phenoxy) is 1. The third-order valence-corrected chi connectivity index (χ3v) is 6.37. The van der Waals surface area contributed by atoms with Gasteiger partial charge in [0.15, 0.2) is 0 Å². The standard InChI is InChI=1S/C24H33N3O/c1-28-24-9-5-8-23(20-24)27-18-16-26(17-19-27)22-11-14-25(15-12-22)13-10-21-6-3-2-4-7-21/h2-9,20,22H,10-19H2,1H3. The van der Waals surface area contributed by atoms with Crippen molar-refractivity contribution < 1.29 is 4.74 Å². The van der Waals surface area contributed by atoms with Crippen LogP contribution in [0.1, 0.15) is 18.4 Å². The molecule has 0 aromatic heterocycles. The van der Waals surface area contributed by atoms with Gasteiger partial charge >= 0.3 is 0 Å². The van der Waals surface area contributed by atoms with Crippen LogP contribution in [0.3, 0.4) is 0 Å². The van der Waals surface area contributed by atoms with E-state index in [1.54, 1.807) is 7.11 Å². The molecular formula is C24H33N3O. The van der Waals surface area contributed by atoms with Crippen molar-refractivity contribution in [3.05, 3.63) is 60.2 Å². The molecule has 28 heavy (non-hydrogen) atoms. The van der Waals surface area contributed by atoms with Gasteiger partial charge in [-0.25, -0.2) is 0 Å². The summed E-state index contributed by atoms with van der Waals surface area (Å²) in [6.45, 7) is 8.25. The van der Waals surface area contributed by atoms with E-state index in [2.05, 4.69) is 63.2 Å². The first-order chi connectivity index (χ1) is 13.8. The minimum Gasteiger partial charge on any atom is -0.497 e. The third-order valence-electron chi connectivity index (χ3n) is 6.37. The quantitative estimate of drug-likeness (QED) is 0.764. The van der Waals surface area contributed by atoms with Crippen molar-refractivity contribution in [2.24, 2.45) is 0 Å². The molecule has 0 amide bonds. The van der Waals surface area contributed by atoms with Crippen LogP contribution in [-0.2, 0) is 6.42 Å². The van der Waals surface area contributed by atoms with Gasteiger partial charge in [0.2, 0.25) is 0 Å². The molecule has 0 aliphatic carbocycles. The van der Waals surface area contributed by atoms with Gasteiger partial charge in [0.1, 0.15) is 5.75 Å². The number of piperidine rings is 1. The Hall–Kier alpha value is -2.04. The number of hydrogen-bond acceptors (Lipinski definition) is 4. The Labute approximate surface area is 169 Å². The molecule has 4 rings (SSSR count). The Bertz CT molecular complexity index is 720. The Kier molecular flexibility index (Phi) is 6.50. The summed E-state index contributed by atoms with van der Waals surface area (Å²) in [5, 5.41) is 0. The van der Waals surface area contributed by atoms with E-state index in [0.717, 1.165) is 24.9 Å². The lowest BCUT2D eigenvalue weighted by Crippen LogP contribution is -2.53. The molecule has 0 bridgehead atoms. The van der Waals surface area contributed by atoms with Crippen LogP contribution in [0, 0.1) is 0 Å². The summed E-state index contributed by atoms with van der Waals surface area (Å²) in [5.41, 5.74) is 2.74. The van der Waals surface area contributed by atoms with Crippen LogP contribution >= 0.6 is 0 Å². The number of rotatable bonds is 6. The van der Waals surface area contributed by atoms with Crippen LogP contribution in [-0.4, -0.2) is 68.8 Å². The van der Waals surface area contributed by atoms with Crippen LogP contribution in [0.15, 0.2) is 54.6 Å². The first-order valence-corrected chi connectivity index (χ1v) is 10.7. The molecule has 2 fully saturated rings. The predicted octanol–water partition coefficient (Wildman–Crippen LogP) is 3.52. The summed E-state index contributed by atoms with van der Waals surface area (Å²) in [7, 11) is 1.74.